The van der Waals surface area contributed by atoms with Crippen molar-refractivity contribution in [3.8, 4) is 0 Å². The van der Waals surface area contributed by atoms with Gasteiger partial charge in [0.05, 0.1) is 16.7 Å². The topological polar surface area (TPSA) is 148 Å². The number of carboxylic acids is 1. The van der Waals surface area contributed by atoms with E-state index in [0.717, 1.165) is 12.1 Å². The first-order valence-electron chi connectivity index (χ1n) is 8.00. The molecule has 0 unspecified atom stereocenters. The average Bonchev–Trinajstić information content (AvgIpc) is 2.51. The molecule has 3 N–H and O–H groups in total. The maximum absolute atomic E-state index is 12.7. The Kier molecular flexibility index (Phi) is 5.01. The number of ether oxygens (including phenoxy) is 1. The lowest BCUT2D eigenvalue weighted by Crippen LogP contribution is -2.35. The van der Waals surface area contributed by atoms with Crippen molar-refractivity contribution < 1.29 is 27.9 Å². The van der Waals surface area contributed by atoms with Crippen molar-refractivity contribution in [1.29, 1.82) is 0 Å². The van der Waals surface area contributed by atoms with Gasteiger partial charge in [-0.1, -0.05) is 0 Å². The van der Waals surface area contributed by atoms with E-state index >= 15 is 0 Å². The number of benzene rings is 1. The van der Waals surface area contributed by atoms with Crippen LogP contribution in [0.4, 0.5) is 10.7 Å². The van der Waals surface area contributed by atoms with Crippen molar-refractivity contribution in [3.63, 3.8) is 0 Å². The Morgan fingerprint density at radius 1 is 1.14 bits per heavy atom. The molecule has 2 amide bonds. The van der Waals surface area contributed by atoms with Crippen molar-refractivity contribution in [3.05, 3.63) is 53.0 Å². The smallest absolute Gasteiger partial charge is 0.335 e. The number of amides is 2. The molecule has 0 atom stereocenters. The van der Waals surface area contributed by atoms with Gasteiger partial charge in [0.15, 0.2) is 0 Å². The molecule has 0 spiro atoms. The molecule has 2 heterocycles. The summed E-state index contributed by atoms with van der Waals surface area (Å²) in [6.45, 7) is 3.55. The van der Waals surface area contributed by atoms with E-state index in [0.29, 0.717) is 17.0 Å². The fraction of sp³-hybridized carbons (Fsp3) is 0.176. The SMILES string of the molecule is Cc1cc(C)nc(NC(=O)NS(=O)(=O)c2ccc(C(=O)O)cc2C2=COC2)n1. The number of anilines is 1. The number of rotatable bonds is 5. The molecule has 0 bridgehead atoms. The van der Waals surface area contributed by atoms with Crippen LogP contribution in [0.1, 0.15) is 27.3 Å². The Hall–Kier alpha value is -3.47. The molecule has 11 heteroatoms. The van der Waals surface area contributed by atoms with Crippen LogP contribution < -0.4 is 10.0 Å². The highest BCUT2D eigenvalue weighted by molar-refractivity contribution is 7.90. The van der Waals surface area contributed by atoms with Gasteiger partial charge in [-0.05, 0) is 38.1 Å². The first kappa shape index (κ1) is 19.3. The number of aromatic nitrogens is 2. The molecular weight excluding hydrogens is 388 g/mol. The first-order chi connectivity index (χ1) is 13.2. The van der Waals surface area contributed by atoms with Crippen molar-refractivity contribution in [2.24, 2.45) is 0 Å². The zero-order valence-electron chi connectivity index (χ0n) is 14.9. The molecule has 1 aromatic heterocycles. The number of carboxylic acid groups (broad SMARTS) is 1. The predicted octanol–water partition coefficient (Wildman–Crippen LogP) is 1.67. The molecule has 1 aliphatic heterocycles. The molecule has 0 aliphatic carbocycles. The third kappa shape index (κ3) is 4.09. The molecule has 1 aliphatic rings. The van der Waals surface area contributed by atoms with E-state index in [4.69, 9.17) is 9.84 Å². The zero-order chi connectivity index (χ0) is 20.5. The summed E-state index contributed by atoms with van der Waals surface area (Å²) in [5.74, 6) is -1.24. The van der Waals surface area contributed by atoms with Gasteiger partial charge in [0.2, 0.25) is 5.95 Å². The molecule has 0 saturated heterocycles. The number of aromatic carboxylic acids is 1. The number of sulfonamides is 1. The van der Waals surface area contributed by atoms with Crippen LogP contribution >= 0.6 is 0 Å². The standard InChI is InChI=1S/C17H16N4O6S/c1-9-5-10(2)19-16(18-9)20-17(24)21-28(25,26)14-4-3-11(15(22)23)6-13(14)12-7-27-8-12/h3-7H,8H2,1-2H3,(H,22,23)(H2,18,19,20,21,24). The summed E-state index contributed by atoms with van der Waals surface area (Å²) < 4.78 is 32.2. The number of carbonyl (C=O) groups excluding carboxylic acids is 1. The zero-order valence-corrected chi connectivity index (χ0v) is 15.7. The van der Waals surface area contributed by atoms with Gasteiger partial charge in [-0.25, -0.2) is 32.7 Å². The van der Waals surface area contributed by atoms with Gasteiger partial charge >= 0.3 is 12.0 Å². The summed E-state index contributed by atoms with van der Waals surface area (Å²) in [4.78, 5) is 31.1. The molecule has 0 saturated carbocycles. The van der Waals surface area contributed by atoms with Gasteiger partial charge in [0, 0.05) is 22.5 Å². The third-order valence-corrected chi connectivity index (χ3v) is 5.15. The van der Waals surface area contributed by atoms with Crippen LogP contribution in [0.2, 0.25) is 0 Å². The van der Waals surface area contributed by atoms with Gasteiger partial charge in [-0.2, -0.15) is 0 Å². The Balaban J connectivity index is 1.88. The highest BCUT2D eigenvalue weighted by Gasteiger charge is 2.26. The normalized spacial score (nSPS) is 13.0. The van der Waals surface area contributed by atoms with Crippen LogP contribution in [0.3, 0.4) is 0 Å². The minimum atomic E-state index is -4.30. The summed E-state index contributed by atoms with van der Waals surface area (Å²) in [5, 5.41) is 11.4. The fourth-order valence-corrected chi connectivity index (χ4v) is 3.67. The van der Waals surface area contributed by atoms with E-state index in [-0.39, 0.29) is 28.6 Å². The molecule has 0 radical (unpaired) electrons. The Labute approximate surface area is 160 Å². The van der Waals surface area contributed by atoms with Crippen LogP contribution in [-0.2, 0) is 14.8 Å². The van der Waals surface area contributed by atoms with E-state index in [2.05, 4.69) is 15.3 Å². The van der Waals surface area contributed by atoms with Gasteiger partial charge in [-0.15, -0.1) is 0 Å². The van der Waals surface area contributed by atoms with E-state index in [1.165, 1.54) is 12.3 Å². The van der Waals surface area contributed by atoms with Crippen LogP contribution in [0.25, 0.3) is 5.57 Å². The van der Waals surface area contributed by atoms with Gasteiger partial charge < -0.3 is 9.84 Å². The number of carbonyl (C=O) groups is 2. The second-order valence-corrected chi connectivity index (χ2v) is 7.65. The molecule has 2 aromatic rings. The van der Waals surface area contributed by atoms with E-state index < -0.39 is 22.0 Å². The summed E-state index contributed by atoms with van der Waals surface area (Å²) >= 11 is 0. The highest BCUT2D eigenvalue weighted by atomic mass is 32.2. The van der Waals surface area contributed by atoms with Gasteiger partial charge in [0.25, 0.3) is 10.0 Å². The van der Waals surface area contributed by atoms with Crippen LogP contribution in [0.5, 0.6) is 0 Å². The average molecular weight is 404 g/mol. The minimum Gasteiger partial charge on any atom is -0.496 e. The van der Waals surface area contributed by atoms with E-state index in [1.54, 1.807) is 19.9 Å². The molecule has 0 fully saturated rings. The van der Waals surface area contributed by atoms with Gasteiger partial charge in [-0.3, -0.25) is 5.32 Å². The number of hydrogen-bond donors (Lipinski definition) is 3. The Bertz CT molecular complexity index is 1090. The molecule has 146 valence electrons. The quantitative estimate of drug-likeness (QED) is 0.682. The third-order valence-electron chi connectivity index (χ3n) is 3.76. The molecule has 1 aromatic carbocycles. The maximum Gasteiger partial charge on any atom is 0.335 e. The lowest BCUT2D eigenvalue weighted by Gasteiger charge is -2.19. The van der Waals surface area contributed by atoms with Crippen LogP contribution in [-0.4, -0.2) is 42.1 Å². The first-order valence-corrected chi connectivity index (χ1v) is 9.48. The predicted molar refractivity (Wildman–Crippen MR) is 98.2 cm³/mol. The molecular formula is C17H16N4O6S. The Morgan fingerprint density at radius 2 is 1.79 bits per heavy atom. The van der Waals surface area contributed by atoms with Gasteiger partial charge in [0.1, 0.15) is 6.61 Å². The van der Waals surface area contributed by atoms with Crippen LogP contribution in [0.15, 0.2) is 35.4 Å². The lowest BCUT2D eigenvalue weighted by atomic mass is 10.0. The van der Waals surface area contributed by atoms with E-state index in [1.807, 2.05) is 4.72 Å². The number of nitrogens with zero attached hydrogens (tertiary/aromatic N) is 2. The van der Waals surface area contributed by atoms with Crippen molar-refractivity contribution in [1.82, 2.24) is 14.7 Å². The largest absolute Gasteiger partial charge is 0.496 e. The monoisotopic (exact) mass is 404 g/mol. The van der Waals surface area contributed by atoms with Crippen molar-refractivity contribution >= 4 is 33.5 Å². The lowest BCUT2D eigenvalue weighted by molar-refractivity contribution is 0.0696. The summed E-state index contributed by atoms with van der Waals surface area (Å²) in [6.07, 6.45) is 1.32. The highest BCUT2D eigenvalue weighted by Crippen LogP contribution is 2.29. The van der Waals surface area contributed by atoms with Crippen molar-refractivity contribution in [2.75, 3.05) is 11.9 Å². The summed E-state index contributed by atoms with van der Waals surface area (Å²) in [6, 6.07) is 4.14. The summed E-state index contributed by atoms with van der Waals surface area (Å²) in [7, 11) is -4.30. The minimum absolute atomic E-state index is 0.0400. The Morgan fingerprint density at radius 3 is 2.32 bits per heavy atom. The maximum atomic E-state index is 12.7. The number of hydrogen-bond acceptors (Lipinski definition) is 7. The molecule has 3 rings (SSSR count). The van der Waals surface area contributed by atoms with Crippen LogP contribution in [0, 0.1) is 13.8 Å². The summed E-state index contributed by atoms with van der Waals surface area (Å²) in [5.41, 5.74) is 1.77. The number of nitrogens with one attached hydrogen (secondary N) is 2. The number of aryl methyl sites for hydroxylation is 2. The fourth-order valence-electron chi connectivity index (χ4n) is 2.54. The number of urea groups is 1. The van der Waals surface area contributed by atoms with E-state index in [9.17, 15) is 18.0 Å². The molecule has 28 heavy (non-hydrogen) atoms. The molecule has 10 nitrogen and oxygen atoms in total. The second-order valence-electron chi connectivity index (χ2n) is 6.00. The van der Waals surface area contributed by atoms with Crippen molar-refractivity contribution in [2.45, 2.75) is 18.7 Å². The second kappa shape index (κ2) is 7.27.